The van der Waals surface area contributed by atoms with Crippen molar-refractivity contribution in [1.29, 1.82) is 0 Å². The molecule has 1 aliphatic heterocycles. The average Bonchev–Trinajstić information content (AvgIpc) is 2.71. The Bertz CT molecular complexity index is 759. The molecule has 3 rings (SSSR count). The summed E-state index contributed by atoms with van der Waals surface area (Å²) in [5, 5.41) is 5.57. The molecule has 7 nitrogen and oxygen atoms in total. The van der Waals surface area contributed by atoms with E-state index in [4.69, 9.17) is 9.47 Å². The molecule has 1 aromatic heterocycles. The molecule has 2 aromatic rings. The van der Waals surface area contributed by atoms with Crippen molar-refractivity contribution in [2.75, 3.05) is 18.5 Å². The number of pyridine rings is 1. The van der Waals surface area contributed by atoms with E-state index in [1.54, 1.807) is 55.7 Å². The van der Waals surface area contributed by atoms with E-state index in [1.807, 2.05) is 0 Å². The fraction of sp³-hybridized carbons (Fsp3) is 0.350. The topological polar surface area (TPSA) is 89.5 Å². The second-order valence-corrected chi connectivity index (χ2v) is 6.42. The molecule has 0 radical (unpaired) electrons. The molecule has 1 fully saturated rings. The van der Waals surface area contributed by atoms with Crippen LogP contribution < -0.4 is 15.4 Å². The van der Waals surface area contributed by atoms with Gasteiger partial charge in [0, 0.05) is 37.2 Å². The van der Waals surface area contributed by atoms with E-state index in [2.05, 4.69) is 15.6 Å². The summed E-state index contributed by atoms with van der Waals surface area (Å²) < 4.78 is 10.9. The molecule has 0 bridgehead atoms. The highest BCUT2D eigenvalue weighted by Gasteiger charge is 2.24. The van der Waals surface area contributed by atoms with Crippen molar-refractivity contribution in [3.05, 3.63) is 48.8 Å². The van der Waals surface area contributed by atoms with E-state index >= 15 is 0 Å². The van der Waals surface area contributed by atoms with Crippen LogP contribution in [0.15, 0.2) is 48.8 Å². The second kappa shape index (κ2) is 9.14. The molecule has 2 heterocycles. The van der Waals surface area contributed by atoms with E-state index < -0.39 is 6.04 Å². The lowest BCUT2D eigenvalue weighted by molar-refractivity contribution is -0.131. The first-order chi connectivity index (χ1) is 13.1. The summed E-state index contributed by atoms with van der Waals surface area (Å²) in [6.45, 7) is 2.85. The number of nitrogens with zero attached hydrogens (tertiary/aromatic N) is 1. The molecule has 142 valence electrons. The number of hydrogen-bond acceptors (Lipinski definition) is 5. The normalized spacial score (nSPS) is 15.6. The van der Waals surface area contributed by atoms with E-state index in [9.17, 15) is 9.59 Å². The summed E-state index contributed by atoms with van der Waals surface area (Å²) in [6.07, 6.45) is 4.69. The molecule has 0 saturated carbocycles. The van der Waals surface area contributed by atoms with Crippen LogP contribution >= 0.6 is 0 Å². The largest absolute Gasteiger partial charge is 0.457 e. The van der Waals surface area contributed by atoms with Gasteiger partial charge in [0.2, 0.25) is 11.8 Å². The van der Waals surface area contributed by atoms with Crippen molar-refractivity contribution in [3.8, 4) is 11.5 Å². The van der Waals surface area contributed by atoms with Crippen molar-refractivity contribution in [1.82, 2.24) is 10.3 Å². The van der Waals surface area contributed by atoms with Crippen LogP contribution in [0.2, 0.25) is 0 Å². The van der Waals surface area contributed by atoms with Crippen molar-refractivity contribution in [2.24, 2.45) is 5.92 Å². The number of carbonyl (C=O) groups is 2. The fourth-order valence-electron chi connectivity index (χ4n) is 2.76. The van der Waals surface area contributed by atoms with E-state index in [0.29, 0.717) is 43.2 Å². The maximum absolute atomic E-state index is 12.3. The Hall–Kier alpha value is -2.93. The number of amides is 2. The minimum absolute atomic E-state index is 0.0846. The van der Waals surface area contributed by atoms with Crippen LogP contribution in [0, 0.1) is 5.92 Å². The Kier molecular flexibility index (Phi) is 6.38. The highest BCUT2D eigenvalue weighted by molar-refractivity contribution is 5.97. The Labute approximate surface area is 158 Å². The number of aromatic nitrogens is 1. The summed E-state index contributed by atoms with van der Waals surface area (Å²) in [5.74, 6) is 0.894. The maximum Gasteiger partial charge on any atom is 0.246 e. The van der Waals surface area contributed by atoms with E-state index in [0.717, 1.165) is 0 Å². The van der Waals surface area contributed by atoms with Gasteiger partial charge in [-0.2, -0.15) is 0 Å². The zero-order chi connectivity index (χ0) is 19.1. The van der Waals surface area contributed by atoms with Crippen molar-refractivity contribution < 1.29 is 19.1 Å². The van der Waals surface area contributed by atoms with E-state index in [-0.39, 0.29) is 17.7 Å². The molecule has 1 saturated heterocycles. The van der Waals surface area contributed by atoms with Gasteiger partial charge in [-0.05, 0) is 56.2 Å². The Balaban J connectivity index is 1.50. The molecular weight excluding hydrogens is 346 g/mol. The number of nitrogens with one attached hydrogen (secondary N) is 2. The first-order valence-corrected chi connectivity index (χ1v) is 8.99. The summed E-state index contributed by atoms with van der Waals surface area (Å²) in [6, 6.07) is 9.94. The number of hydrogen-bond donors (Lipinski definition) is 2. The summed E-state index contributed by atoms with van der Waals surface area (Å²) >= 11 is 0. The number of rotatable bonds is 6. The minimum Gasteiger partial charge on any atom is -0.457 e. The van der Waals surface area contributed by atoms with Crippen LogP contribution in [0.4, 0.5) is 5.69 Å². The lowest BCUT2D eigenvalue weighted by Crippen LogP contribution is -2.45. The molecule has 0 spiro atoms. The Morgan fingerprint density at radius 2 is 1.70 bits per heavy atom. The van der Waals surface area contributed by atoms with Crippen molar-refractivity contribution >= 4 is 17.5 Å². The summed E-state index contributed by atoms with van der Waals surface area (Å²) in [5.41, 5.74) is 0.634. The molecule has 2 N–H and O–H groups in total. The quantitative estimate of drug-likeness (QED) is 0.817. The third-order valence-corrected chi connectivity index (χ3v) is 4.35. The van der Waals surface area contributed by atoms with Gasteiger partial charge in [-0.15, -0.1) is 0 Å². The smallest absolute Gasteiger partial charge is 0.246 e. The molecular formula is C20H23N3O4. The van der Waals surface area contributed by atoms with Gasteiger partial charge < -0.3 is 20.1 Å². The zero-order valence-electron chi connectivity index (χ0n) is 15.2. The number of benzene rings is 1. The first kappa shape index (κ1) is 18.8. The predicted octanol–water partition coefficient (Wildman–Crippen LogP) is 2.74. The van der Waals surface area contributed by atoms with Gasteiger partial charge in [-0.3, -0.25) is 14.6 Å². The highest BCUT2D eigenvalue weighted by atomic mass is 16.5. The average molecular weight is 369 g/mol. The standard InChI is InChI=1S/C20H23N3O4/c1-14(22-20(25)15-8-12-26-13-9-15)19(24)23-16-2-4-17(5-3-16)27-18-6-10-21-11-7-18/h2-7,10-11,14-15H,8-9,12-13H2,1H3,(H,22,25)(H,23,24)/t14-/m0/s1. The van der Waals surface area contributed by atoms with Crippen LogP contribution in [0.3, 0.4) is 0 Å². The lowest BCUT2D eigenvalue weighted by atomic mass is 9.99. The van der Waals surface area contributed by atoms with Crippen LogP contribution in [0.1, 0.15) is 19.8 Å². The third kappa shape index (κ3) is 5.52. The lowest BCUT2D eigenvalue weighted by Gasteiger charge is -2.23. The first-order valence-electron chi connectivity index (χ1n) is 8.99. The monoisotopic (exact) mass is 369 g/mol. The Morgan fingerprint density at radius 3 is 2.37 bits per heavy atom. The van der Waals surface area contributed by atoms with Gasteiger partial charge in [0.05, 0.1) is 0 Å². The Morgan fingerprint density at radius 1 is 1.07 bits per heavy atom. The van der Waals surface area contributed by atoms with Gasteiger partial charge in [0.15, 0.2) is 0 Å². The molecule has 0 unspecified atom stereocenters. The predicted molar refractivity (Wildman–Crippen MR) is 101 cm³/mol. The summed E-state index contributed by atoms with van der Waals surface area (Å²) in [4.78, 5) is 28.5. The fourth-order valence-corrected chi connectivity index (χ4v) is 2.76. The second-order valence-electron chi connectivity index (χ2n) is 6.42. The van der Waals surface area contributed by atoms with Crippen LogP contribution in [-0.4, -0.2) is 36.1 Å². The van der Waals surface area contributed by atoms with Crippen LogP contribution in [-0.2, 0) is 14.3 Å². The molecule has 1 atom stereocenters. The van der Waals surface area contributed by atoms with Gasteiger partial charge in [0.25, 0.3) is 0 Å². The molecule has 27 heavy (non-hydrogen) atoms. The highest BCUT2D eigenvalue weighted by Crippen LogP contribution is 2.22. The minimum atomic E-state index is -0.618. The molecule has 1 aromatic carbocycles. The number of anilines is 1. The maximum atomic E-state index is 12.3. The van der Waals surface area contributed by atoms with Gasteiger partial charge in [-0.1, -0.05) is 0 Å². The molecule has 1 aliphatic rings. The van der Waals surface area contributed by atoms with Gasteiger partial charge in [0.1, 0.15) is 17.5 Å². The molecule has 2 amide bonds. The third-order valence-electron chi connectivity index (χ3n) is 4.35. The van der Waals surface area contributed by atoms with Gasteiger partial charge in [-0.25, -0.2) is 0 Å². The molecule has 0 aliphatic carbocycles. The molecule has 7 heteroatoms. The van der Waals surface area contributed by atoms with Crippen molar-refractivity contribution in [2.45, 2.75) is 25.8 Å². The SMILES string of the molecule is C[C@H](NC(=O)C1CCOCC1)C(=O)Nc1ccc(Oc2ccncc2)cc1. The summed E-state index contributed by atoms with van der Waals surface area (Å²) in [7, 11) is 0. The zero-order valence-corrected chi connectivity index (χ0v) is 15.2. The van der Waals surface area contributed by atoms with Crippen LogP contribution in [0.5, 0.6) is 11.5 Å². The number of ether oxygens (including phenoxy) is 2. The van der Waals surface area contributed by atoms with Crippen LogP contribution in [0.25, 0.3) is 0 Å². The van der Waals surface area contributed by atoms with Gasteiger partial charge >= 0.3 is 0 Å². The van der Waals surface area contributed by atoms with Crippen molar-refractivity contribution in [3.63, 3.8) is 0 Å². The van der Waals surface area contributed by atoms with E-state index in [1.165, 1.54) is 0 Å². The number of carbonyl (C=O) groups excluding carboxylic acids is 2.